The Hall–Kier alpha value is -0.160. The first-order valence-electron chi connectivity index (χ1n) is 10.9. The maximum Gasteiger partial charge on any atom is 0.0224 e. The van der Waals surface area contributed by atoms with Crippen LogP contribution in [0.25, 0.3) is 0 Å². The van der Waals surface area contributed by atoms with Crippen molar-refractivity contribution in [1.82, 2.24) is 21.3 Å². The Labute approximate surface area is 147 Å². The summed E-state index contributed by atoms with van der Waals surface area (Å²) in [6, 6.07) is 6.05. The zero-order valence-corrected chi connectivity index (χ0v) is 15.1. The smallest absolute Gasteiger partial charge is 0.0224 e. The third-order valence-corrected chi connectivity index (χ3v) is 7.75. The highest BCUT2D eigenvalue weighted by Crippen LogP contribution is 2.31. The molecule has 136 valence electrons. The quantitative estimate of drug-likeness (QED) is 0.548. The lowest BCUT2D eigenvalue weighted by Crippen LogP contribution is -2.48. The van der Waals surface area contributed by atoms with Crippen LogP contribution in [0.4, 0.5) is 0 Å². The number of nitrogens with one attached hydrogen (secondary N) is 4. The van der Waals surface area contributed by atoms with E-state index in [-0.39, 0.29) is 0 Å². The SMILES string of the molecule is C1CC2CCC(N2)C2CCC(CC3CCC(N3)C3CCC(C1)N3)N2. The minimum atomic E-state index is 0.739. The molecule has 5 heterocycles. The van der Waals surface area contributed by atoms with Gasteiger partial charge < -0.3 is 21.3 Å². The molecule has 5 rings (SSSR count). The molecule has 4 N–H and O–H groups in total. The van der Waals surface area contributed by atoms with Crippen molar-refractivity contribution in [3.63, 3.8) is 0 Å². The fourth-order valence-corrected chi connectivity index (χ4v) is 6.45. The van der Waals surface area contributed by atoms with Crippen molar-refractivity contribution in [2.45, 2.75) is 125 Å². The maximum absolute atomic E-state index is 4.00. The third-order valence-electron chi connectivity index (χ3n) is 7.75. The first-order valence-corrected chi connectivity index (χ1v) is 10.9. The fraction of sp³-hybridized carbons (Fsp3) is 1.00. The van der Waals surface area contributed by atoms with Crippen molar-refractivity contribution in [3.8, 4) is 0 Å². The van der Waals surface area contributed by atoms with Gasteiger partial charge in [0, 0.05) is 48.3 Å². The Kier molecular flexibility index (Phi) is 4.59. The van der Waals surface area contributed by atoms with E-state index in [9.17, 15) is 0 Å². The standard InChI is InChI=1S/C20H36N4/c1-2-13-4-8-17(21-13)19-10-6-15(23-19)12-16-7-11-20(24-16)18-9-5-14(3-1)22-18/h13-24H,1-12H2. The average Bonchev–Trinajstić information content (AvgIpc) is 3.34. The molecule has 0 amide bonds. The number of hydrogen-bond acceptors (Lipinski definition) is 4. The third kappa shape index (κ3) is 3.27. The molecule has 5 aliphatic rings. The van der Waals surface area contributed by atoms with E-state index in [2.05, 4.69) is 21.3 Å². The van der Waals surface area contributed by atoms with E-state index in [1.54, 1.807) is 0 Å². The van der Waals surface area contributed by atoms with Gasteiger partial charge in [-0.2, -0.15) is 0 Å². The van der Waals surface area contributed by atoms with Crippen LogP contribution in [0.5, 0.6) is 0 Å². The summed E-state index contributed by atoms with van der Waals surface area (Å²) in [5.41, 5.74) is 0. The molecule has 0 aromatic carbocycles. The second kappa shape index (κ2) is 6.86. The van der Waals surface area contributed by atoms with Crippen molar-refractivity contribution >= 4 is 0 Å². The van der Waals surface area contributed by atoms with Gasteiger partial charge in [-0.1, -0.05) is 6.42 Å². The van der Waals surface area contributed by atoms with Gasteiger partial charge in [0.05, 0.1) is 0 Å². The molecule has 5 fully saturated rings. The zero-order chi connectivity index (χ0) is 15.9. The minimum absolute atomic E-state index is 0.739. The largest absolute Gasteiger partial charge is 0.310 e. The van der Waals surface area contributed by atoms with E-state index in [1.807, 2.05) is 0 Å². The van der Waals surface area contributed by atoms with Gasteiger partial charge in [-0.25, -0.2) is 0 Å². The summed E-state index contributed by atoms with van der Waals surface area (Å²) >= 11 is 0. The molecule has 0 radical (unpaired) electrons. The molecular formula is C20H36N4. The van der Waals surface area contributed by atoms with Gasteiger partial charge in [0.2, 0.25) is 0 Å². The van der Waals surface area contributed by atoms with Crippen LogP contribution >= 0.6 is 0 Å². The summed E-state index contributed by atoms with van der Waals surface area (Å²) in [6.45, 7) is 0. The molecule has 0 aromatic heterocycles. The second-order valence-electron chi connectivity index (χ2n) is 9.36. The molecule has 8 unspecified atom stereocenters. The summed E-state index contributed by atoms with van der Waals surface area (Å²) in [7, 11) is 0. The van der Waals surface area contributed by atoms with Crippen LogP contribution in [0, 0.1) is 0 Å². The zero-order valence-electron chi connectivity index (χ0n) is 15.1. The van der Waals surface area contributed by atoms with Crippen LogP contribution in [-0.4, -0.2) is 48.3 Å². The molecule has 0 aliphatic carbocycles. The van der Waals surface area contributed by atoms with E-state index in [0.29, 0.717) is 0 Å². The predicted molar refractivity (Wildman–Crippen MR) is 98.3 cm³/mol. The molecule has 24 heavy (non-hydrogen) atoms. The highest BCUT2D eigenvalue weighted by Gasteiger charge is 2.39. The monoisotopic (exact) mass is 332 g/mol. The molecule has 0 saturated carbocycles. The normalized spacial score (nSPS) is 52.0. The minimum Gasteiger partial charge on any atom is -0.310 e. The molecule has 8 bridgehead atoms. The Morgan fingerprint density at radius 2 is 0.750 bits per heavy atom. The van der Waals surface area contributed by atoms with Crippen molar-refractivity contribution in [2.24, 2.45) is 0 Å². The van der Waals surface area contributed by atoms with Crippen molar-refractivity contribution in [1.29, 1.82) is 0 Å². The highest BCUT2D eigenvalue weighted by molar-refractivity contribution is 5.01. The lowest BCUT2D eigenvalue weighted by atomic mass is 10.0. The molecule has 4 heteroatoms. The molecular weight excluding hydrogens is 296 g/mol. The van der Waals surface area contributed by atoms with Crippen LogP contribution in [0.2, 0.25) is 0 Å². The average molecular weight is 333 g/mol. The van der Waals surface area contributed by atoms with Crippen LogP contribution < -0.4 is 21.3 Å². The number of fused-ring (bicyclic) bond motifs is 10. The van der Waals surface area contributed by atoms with E-state index >= 15 is 0 Å². The van der Waals surface area contributed by atoms with Gasteiger partial charge in [-0.15, -0.1) is 0 Å². The lowest BCUT2D eigenvalue weighted by Gasteiger charge is -2.25. The van der Waals surface area contributed by atoms with Gasteiger partial charge in [-0.3, -0.25) is 0 Å². The molecule has 5 saturated heterocycles. The van der Waals surface area contributed by atoms with Crippen LogP contribution in [0.3, 0.4) is 0 Å². The molecule has 0 aromatic rings. The van der Waals surface area contributed by atoms with Crippen molar-refractivity contribution < 1.29 is 0 Å². The van der Waals surface area contributed by atoms with E-state index in [0.717, 1.165) is 48.3 Å². The molecule has 0 spiro atoms. The maximum atomic E-state index is 4.00. The Morgan fingerprint density at radius 3 is 1.21 bits per heavy atom. The van der Waals surface area contributed by atoms with Crippen LogP contribution in [0.15, 0.2) is 0 Å². The lowest BCUT2D eigenvalue weighted by molar-refractivity contribution is 0.361. The summed E-state index contributed by atoms with van der Waals surface area (Å²) in [5.74, 6) is 0. The van der Waals surface area contributed by atoms with Crippen molar-refractivity contribution in [2.75, 3.05) is 0 Å². The molecule has 5 aliphatic heterocycles. The topological polar surface area (TPSA) is 48.1 Å². The van der Waals surface area contributed by atoms with Gasteiger partial charge in [-0.05, 0) is 70.6 Å². The van der Waals surface area contributed by atoms with Gasteiger partial charge in [0.25, 0.3) is 0 Å². The van der Waals surface area contributed by atoms with Gasteiger partial charge in [0.1, 0.15) is 0 Å². The Bertz CT molecular complexity index is 403. The number of hydrogen-bond donors (Lipinski definition) is 4. The van der Waals surface area contributed by atoms with Gasteiger partial charge >= 0.3 is 0 Å². The predicted octanol–water partition coefficient (Wildman–Crippen LogP) is 2.04. The van der Waals surface area contributed by atoms with Crippen LogP contribution in [0.1, 0.15) is 77.0 Å². The molecule has 8 atom stereocenters. The Balaban J connectivity index is 1.27. The first-order chi connectivity index (χ1) is 11.8. The summed E-state index contributed by atoms with van der Waals surface area (Å²) in [5, 5.41) is 16.0. The van der Waals surface area contributed by atoms with E-state index < -0.39 is 0 Å². The summed E-state index contributed by atoms with van der Waals surface area (Å²) in [4.78, 5) is 0. The van der Waals surface area contributed by atoms with Crippen molar-refractivity contribution in [3.05, 3.63) is 0 Å². The second-order valence-corrected chi connectivity index (χ2v) is 9.36. The highest BCUT2D eigenvalue weighted by atomic mass is 15.1. The molecule has 4 nitrogen and oxygen atoms in total. The summed E-state index contributed by atoms with van der Waals surface area (Å²) in [6.07, 6.45) is 16.7. The number of rotatable bonds is 0. The Morgan fingerprint density at radius 1 is 0.375 bits per heavy atom. The van der Waals surface area contributed by atoms with E-state index in [4.69, 9.17) is 0 Å². The van der Waals surface area contributed by atoms with E-state index in [1.165, 1.54) is 77.0 Å². The van der Waals surface area contributed by atoms with Gasteiger partial charge in [0.15, 0.2) is 0 Å². The fourth-order valence-electron chi connectivity index (χ4n) is 6.45. The first kappa shape index (κ1) is 16.0. The summed E-state index contributed by atoms with van der Waals surface area (Å²) < 4.78 is 0. The van der Waals surface area contributed by atoms with Crippen LogP contribution in [-0.2, 0) is 0 Å².